The monoisotopic (exact) mass is 292 g/mol. The highest BCUT2D eigenvalue weighted by atomic mass is 28.4. The van der Waals surface area contributed by atoms with Gasteiger partial charge in [-0.3, -0.25) is 4.79 Å². The molecular formula is C13H28O5Si. The molecule has 1 unspecified atom stereocenters. The van der Waals surface area contributed by atoms with Crippen LogP contribution in [0.4, 0.5) is 0 Å². The van der Waals surface area contributed by atoms with Crippen LogP contribution in [0.15, 0.2) is 0 Å². The molecule has 6 heteroatoms. The SMILES string of the molecule is CCO[Si](OCC)(OCC)C(CC)OC(=O)C(C)C. The van der Waals surface area contributed by atoms with Crippen molar-refractivity contribution in [2.75, 3.05) is 19.8 Å². The third-order valence-corrected chi connectivity index (χ3v) is 5.92. The molecule has 0 heterocycles. The third-order valence-electron chi connectivity index (χ3n) is 2.53. The van der Waals surface area contributed by atoms with Crippen molar-refractivity contribution in [1.82, 2.24) is 0 Å². The van der Waals surface area contributed by atoms with E-state index in [9.17, 15) is 4.79 Å². The molecule has 0 aromatic carbocycles. The van der Waals surface area contributed by atoms with Crippen LogP contribution >= 0.6 is 0 Å². The molecule has 0 spiro atoms. The Labute approximate surface area is 117 Å². The molecule has 0 amide bonds. The summed E-state index contributed by atoms with van der Waals surface area (Å²) in [6.07, 6.45) is 0.616. The standard InChI is InChI=1S/C13H28O5Si/c1-7-12(18-13(14)11(5)6)19(15-8-2,16-9-3)17-10-4/h11-12H,7-10H2,1-6H3. The smallest absolute Gasteiger partial charge is 0.458 e. The van der Waals surface area contributed by atoms with E-state index in [0.29, 0.717) is 26.2 Å². The molecule has 5 nitrogen and oxygen atoms in total. The summed E-state index contributed by atoms with van der Waals surface area (Å²) in [6, 6.07) is 0. The molecule has 0 radical (unpaired) electrons. The number of rotatable bonds is 10. The Morgan fingerprint density at radius 3 is 1.63 bits per heavy atom. The largest absolute Gasteiger partial charge is 0.544 e. The molecule has 0 N–H and O–H groups in total. The van der Waals surface area contributed by atoms with Gasteiger partial charge in [-0.05, 0) is 27.2 Å². The van der Waals surface area contributed by atoms with E-state index in [2.05, 4.69) is 0 Å². The maximum Gasteiger partial charge on any atom is 0.544 e. The third kappa shape index (κ3) is 5.60. The van der Waals surface area contributed by atoms with Gasteiger partial charge in [-0.1, -0.05) is 20.8 Å². The predicted molar refractivity (Wildman–Crippen MR) is 75.6 cm³/mol. The number of hydrogen-bond donors (Lipinski definition) is 0. The summed E-state index contributed by atoms with van der Waals surface area (Å²) in [6.45, 7) is 12.6. The molecule has 0 aromatic heterocycles. The molecule has 0 fully saturated rings. The fourth-order valence-electron chi connectivity index (χ4n) is 1.69. The highest BCUT2D eigenvalue weighted by Crippen LogP contribution is 2.21. The lowest BCUT2D eigenvalue weighted by Crippen LogP contribution is -2.58. The number of carbonyl (C=O) groups excluding carboxylic acids is 1. The van der Waals surface area contributed by atoms with Crippen LogP contribution in [0.1, 0.15) is 48.0 Å². The summed E-state index contributed by atoms with van der Waals surface area (Å²) in [4.78, 5) is 11.8. The molecular weight excluding hydrogens is 264 g/mol. The predicted octanol–water partition coefficient (Wildman–Crippen LogP) is 2.55. The van der Waals surface area contributed by atoms with E-state index in [0.717, 1.165) is 0 Å². The quantitative estimate of drug-likeness (QED) is 0.457. The van der Waals surface area contributed by atoms with Crippen molar-refractivity contribution in [2.45, 2.75) is 53.7 Å². The summed E-state index contributed by atoms with van der Waals surface area (Å²) in [5, 5.41) is 0. The Morgan fingerprint density at radius 1 is 0.947 bits per heavy atom. The van der Waals surface area contributed by atoms with Gasteiger partial charge in [-0.2, -0.15) is 0 Å². The van der Waals surface area contributed by atoms with Crippen molar-refractivity contribution in [3.63, 3.8) is 0 Å². The Kier molecular flexibility index (Phi) is 9.25. The zero-order chi connectivity index (χ0) is 14.9. The normalized spacial score (nSPS) is 13.6. The number of carbonyl (C=O) groups is 1. The van der Waals surface area contributed by atoms with E-state index >= 15 is 0 Å². The van der Waals surface area contributed by atoms with Gasteiger partial charge in [-0.15, -0.1) is 0 Å². The first-order chi connectivity index (χ1) is 8.97. The van der Waals surface area contributed by atoms with Gasteiger partial charge >= 0.3 is 14.8 Å². The number of esters is 1. The highest BCUT2D eigenvalue weighted by Gasteiger charge is 2.51. The minimum Gasteiger partial charge on any atom is -0.458 e. The van der Waals surface area contributed by atoms with Gasteiger partial charge in [0.15, 0.2) is 5.73 Å². The van der Waals surface area contributed by atoms with E-state index < -0.39 is 14.5 Å². The molecule has 0 aliphatic rings. The van der Waals surface area contributed by atoms with Gasteiger partial charge in [0.05, 0.1) is 5.92 Å². The fourth-order valence-corrected chi connectivity index (χ4v) is 4.46. The van der Waals surface area contributed by atoms with Crippen molar-refractivity contribution in [1.29, 1.82) is 0 Å². The van der Waals surface area contributed by atoms with Crippen LogP contribution in [-0.2, 0) is 22.8 Å². The van der Waals surface area contributed by atoms with Crippen molar-refractivity contribution in [3.05, 3.63) is 0 Å². The molecule has 0 aromatic rings. The van der Waals surface area contributed by atoms with E-state index in [1.165, 1.54) is 0 Å². The number of hydrogen-bond acceptors (Lipinski definition) is 5. The molecule has 0 bridgehead atoms. The molecule has 0 rings (SSSR count). The van der Waals surface area contributed by atoms with Crippen LogP contribution in [0.2, 0.25) is 0 Å². The summed E-state index contributed by atoms with van der Waals surface area (Å²) in [5.74, 6) is -0.423. The molecule has 0 aliphatic carbocycles. The zero-order valence-electron chi connectivity index (χ0n) is 13.0. The average molecular weight is 292 g/mol. The topological polar surface area (TPSA) is 54.0 Å². The highest BCUT2D eigenvalue weighted by molar-refractivity contribution is 6.62. The van der Waals surface area contributed by atoms with Crippen molar-refractivity contribution < 1.29 is 22.8 Å². The van der Waals surface area contributed by atoms with E-state index in [-0.39, 0.29) is 11.9 Å². The van der Waals surface area contributed by atoms with E-state index in [4.69, 9.17) is 18.0 Å². The lowest BCUT2D eigenvalue weighted by Gasteiger charge is -2.34. The zero-order valence-corrected chi connectivity index (χ0v) is 14.0. The lowest BCUT2D eigenvalue weighted by molar-refractivity contribution is -0.153. The molecule has 114 valence electrons. The molecule has 0 aliphatic heterocycles. The fraction of sp³-hybridized carbons (Fsp3) is 0.923. The molecule has 0 saturated heterocycles. The lowest BCUT2D eigenvalue weighted by atomic mass is 10.2. The van der Waals surface area contributed by atoms with Gasteiger partial charge in [0, 0.05) is 19.8 Å². The molecule has 1 atom stereocenters. The van der Waals surface area contributed by atoms with Crippen molar-refractivity contribution in [3.8, 4) is 0 Å². The second kappa shape index (κ2) is 9.47. The maximum absolute atomic E-state index is 11.8. The summed E-state index contributed by atoms with van der Waals surface area (Å²) >= 11 is 0. The van der Waals surface area contributed by atoms with Gasteiger partial charge in [-0.25, -0.2) is 0 Å². The second-order valence-electron chi connectivity index (χ2n) is 4.39. The first-order valence-corrected chi connectivity index (χ1v) is 8.89. The minimum absolute atomic E-state index is 0.175. The first kappa shape index (κ1) is 18.6. The van der Waals surface area contributed by atoms with Crippen LogP contribution in [0.3, 0.4) is 0 Å². The van der Waals surface area contributed by atoms with Crippen molar-refractivity contribution in [2.24, 2.45) is 5.92 Å². The van der Waals surface area contributed by atoms with Crippen LogP contribution in [0.25, 0.3) is 0 Å². The van der Waals surface area contributed by atoms with E-state index in [1.54, 1.807) is 13.8 Å². The van der Waals surface area contributed by atoms with Crippen LogP contribution in [-0.4, -0.2) is 40.3 Å². The minimum atomic E-state index is -2.98. The summed E-state index contributed by atoms with van der Waals surface area (Å²) < 4.78 is 22.8. The Morgan fingerprint density at radius 2 is 1.37 bits per heavy atom. The second-order valence-corrected chi connectivity index (χ2v) is 7.11. The van der Waals surface area contributed by atoms with Crippen LogP contribution in [0, 0.1) is 5.92 Å². The van der Waals surface area contributed by atoms with Crippen LogP contribution in [0.5, 0.6) is 0 Å². The van der Waals surface area contributed by atoms with Gasteiger partial charge in [0.1, 0.15) is 0 Å². The molecule has 19 heavy (non-hydrogen) atoms. The van der Waals surface area contributed by atoms with E-state index in [1.807, 2.05) is 27.7 Å². The van der Waals surface area contributed by atoms with Gasteiger partial charge in [0.25, 0.3) is 0 Å². The van der Waals surface area contributed by atoms with Gasteiger partial charge < -0.3 is 18.0 Å². The Balaban J connectivity index is 5.07. The van der Waals surface area contributed by atoms with Crippen molar-refractivity contribution >= 4 is 14.8 Å². The molecule has 0 saturated carbocycles. The average Bonchev–Trinajstić information content (AvgIpc) is 2.36. The summed E-state index contributed by atoms with van der Waals surface area (Å²) in [7, 11) is -2.98. The Bertz CT molecular complexity index is 240. The first-order valence-electron chi connectivity index (χ1n) is 7.09. The maximum atomic E-state index is 11.8. The Hall–Kier alpha value is -0.433. The summed E-state index contributed by atoms with van der Waals surface area (Å²) in [5.41, 5.74) is -0.442. The van der Waals surface area contributed by atoms with Gasteiger partial charge in [0.2, 0.25) is 0 Å². The van der Waals surface area contributed by atoms with Crippen LogP contribution < -0.4 is 0 Å². The number of ether oxygens (including phenoxy) is 1.